The van der Waals surface area contributed by atoms with E-state index in [9.17, 15) is 4.79 Å². The molecule has 2 amide bonds. The number of ether oxygens (including phenoxy) is 1. The quantitative estimate of drug-likeness (QED) is 0.740. The van der Waals surface area contributed by atoms with Gasteiger partial charge >= 0.3 is 6.03 Å². The first kappa shape index (κ1) is 17.5. The normalized spacial score (nSPS) is 17.1. The summed E-state index contributed by atoms with van der Waals surface area (Å²) in [7, 11) is 1.80. The van der Waals surface area contributed by atoms with Gasteiger partial charge in [0.05, 0.1) is 25.0 Å². The maximum absolute atomic E-state index is 12.8. The minimum Gasteiger partial charge on any atom is -0.377 e. The van der Waals surface area contributed by atoms with Gasteiger partial charge in [-0.15, -0.1) is 0 Å². The summed E-state index contributed by atoms with van der Waals surface area (Å²) in [4.78, 5) is 18.8. The van der Waals surface area contributed by atoms with Crippen LogP contribution in [0.4, 0.5) is 10.5 Å². The van der Waals surface area contributed by atoms with Gasteiger partial charge in [-0.25, -0.2) is 4.79 Å². The van der Waals surface area contributed by atoms with Gasteiger partial charge < -0.3 is 19.5 Å². The summed E-state index contributed by atoms with van der Waals surface area (Å²) in [6, 6.07) is 6.24. The first-order valence-electron chi connectivity index (χ1n) is 8.34. The monoisotopic (exact) mass is 388 g/mol. The van der Waals surface area contributed by atoms with Crippen molar-refractivity contribution in [2.45, 2.75) is 6.04 Å². The second-order valence-corrected chi connectivity index (χ2v) is 6.52. The second-order valence-electron chi connectivity index (χ2n) is 6.09. The van der Waals surface area contributed by atoms with E-state index < -0.39 is 6.04 Å². The molecule has 0 unspecified atom stereocenters. The molecule has 0 saturated carbocycles. The molecule has 1 N–H and O–H groups in total. The standard InChI is InChI=1S/C17H17ClN6O3/c1-23-9-11(8-19-23)16-21-15(22-27-16)14-10-26-6-5-24(14)17(25)20-13-4-2-3-12(18)7-13/h2-4,7-9,14H,5-6,10H2,1H3,(H,20,25)/t14-/m1/s1. The van der Waals surface area contributed by atoms with E-state index in [-0.39, 0.29) is 12.6 Å². The third-order valence-electron chi connectivity index (χ3n) is 4.16. The fourth-order valence-corrected chi connectivity index (χ4v) is 3.03. The van der Waals surface area contributed by atoms with E-state index in [4.69, 9.17) is 20.9 Å². The summed E-state index contributed by atoms with van der Waals surface area (Å²) in [5, 5.41) is 11.5. The minimum atomic E-state index is -0.452. The van der Waals surface area contributed by atoms with Crippen LogP contribution >= 0.6 is 11.6 Å². The van der Waals surface area contributed by atoms with Crippen LogP contribution in [0, 0.1) is 0 Å². The first-order chi connectivity index (χ1) is 13.1. The summed E-state index contributed by atoms with van der Waals surface area (Å²) in [5.41, 5.74) is 1.32. The topological polar surface area (TPSA) is 98.3 Å². The van der Waals surface area contributed by atoms with Gasteiger partial charge in [0.25, 0.3) is 5.89 Å². The number of hydrogen-bond donors (Lipinski definition) is 1. The van der Waals surface area contributed by atoms with E-state index in [0.29, 0.717) is 41.1 Å². The first-order valence-corrected chi connectivity index (χ1v) is 8.71. The average Bonchev–Trinajstić information content (AvgIpc) is 3.31. The van der Waals surface area contributed by atoms with E-state index in [0.717, 1.165) is 0 Å². The zero-order valence-electron chi connectivity index (χ0n) is 14.5. The molecule has 1 aromatic carbocycles. The zero-order valence-corrected chi connectivity index (χ0v) is 15.3. The fourth-order valence-electron chi connectivity index (χ4n) is 2.84. The lowest BCUT2D eigenvalue weighted by atomic mass is 10.2. The second kappa shape index (κ2) is 7.37. The molecule has 27 heavy (non-hydrogen) atoms. The van der Waals surface area contributed by atoms with E-state index in [2.05, 4.69) is 20.6 Å². The number of carbonyl (C=O) groups is 1. The van der Waals surface area contributed by atoms with Crippen molar-refractivity contribution in [3.05, 3.63) is 47.5 Å². The molecule has 0 radical (unpaired) electrons. The molecule has 10 heteroatoms. The van der Waals surface area contributed by atoms with Crippen LogP contribution < -0.4 is 5.32 Å². The third-order valence-corrected chi connectivity index (χ3v) is 4.39. The van der Waals surface area contributed by atoms with Crippen molar-refractivity contribution in [1.29, 1.82) is 0 Å². The van der Waals surface area contributed by atoms with Crippen LogP contribution in [0.2, 0.25) is 5.02 Å². The number of nitrogens with zero attached hydrogens (tertiary/aromatic N) is 5. The number of anilines is 1. The number of morpholine rings is 1. The van der Waals surface area contributed by atoms with Gasteiger partial charge in [-0.2, -0.15) is 10.1 Å². The van der Waals surface area contributed by atoms with Crippen LogP contribution in [0.1, 0.15) is 11.9 Å². The van der Waals surface area contributed by atoms with Crippen molar-refractivity contribution in [3.63, 3.8) is 0 Å². The minimum absolute atomic E-state index is 0.279. The lowest BCUT2D eigenvalue weighted by Gasteiger charge is -2.33. The highest BCUT2D eigenvalue weighted by Gasteiger charge is 2.32. The smallest absolute Gasteiger partial charge is 0.322 e. The molecule has 9 nitrogen and oxygen atoms in total. The predicted molar refractivity (Wildman–Crippen MR) is 97.2 cm³/mol. The molecular formula is C17H17ClN6O3. The molecule has 2 aromatic heterocycles. The van der Waals surface area contributed by atoms with Crippen LogP contribution in [0.3, 0.4) is 0 Å². The summed E-state index contributed by atoms with van der Waals surface area (Å²) in [5.74, 6) is 0.730. The predicted octanol–water partition coefficient (Wildman–Crippen LogP) is 2.73. The fraction of sp³-hybridized carbons (Fsp3) is 0.294. The highest BCUT2D eigenvalue weighted by Crippen LogP contribution is 2.26. The molecule has 4 rings (SSSR count). The Morgan fingerprint density at radius 2 is 2.30 bits per heavy atom. The molecule has 140 valence electrons. The van der Waals surface area contributed by atoms with Gasteiger partial charge in [-0.3, -0.25) is 4.68 Å². The molecule has 1 fully saturated rings. The van der Waals surface area contributed by atoms with Gasteiger partial charge in [0.15, 0.2) is 5.82 Å². The summed E-state index contributed by atoms with van der Waals surface area (Å²) >= 11 is 5.98. The molecule has 0 spiro atoms. The Bertz CT molecular complexity index is 956. The summed E-state index contributed by atoms with van der Waals surface area (Å²) in [6.07, 6.45) is 3.41. The maximum atomic E-state index is 12.8. The van der Waals surface area contributed by atoms with Crippen LogP contribution in [-0.2, 0) is 11.8 Å². The average molecular weight is 389 g/mol. The molecular weight excluding hydrogens is 372 g/mol. The highest BCUT2D eigenvalue weighted by atomic mass is 35.5. The Hall–Kier alpha value is -2.91. The number of aryl methyl sites for hydroxylation is 1. The lowest BCUT2D eigenvalue weighted by Crippen LogP contribution is -2.45. The molecule has 1 aliphatic heterocycles. The highest BCUT2D eigenvalue weighted by molar-refractivity contribution is 6.30. The molecule has 1 saturated heterocycles. The number of hydrogen-bond acceptors (Lipinski definition) is 6. The number of carbonyl (C=O) groups excluding carboxylic acids is 1. The van der Waals surface area contributed by atoms with Crippen molar-refractivity contribution < 1.29 is 14.1 Å². The molecule has 3 aromatic rings. The maximum Gasteiger partial charge on any atom is 0.322 e. The van der Waals surface area contributed by atoms with Gasteiger partial charge in [0, 0.05) is 30.5 Å². The Balaban J connectivity index is 1.54. The van der Waals surface area contributed by atoms with E-state index in [1.807, 2.05) is 0 Å². The number of nitrogens with one attached hydrogen (secondary N) is 1. The number of aromatic nitrogens is 4. The number of halogens is 1. The Morgan fingerprint density at radius 1 is 1.41 bits per heavy atom. The summed E-state index contributed by atoms with van der Waals surface area (Å²) in [6.45, 7) is 1.13. The Morgan fingerprint density at radius 3 is 3.07 bits per heavy atom. The lowest BCUT2D eigenvalue weighted by molar-refractivity contribution is 0.0110. The number of amides is 2. The zero-order chi connectivity index (χ0) is 18.8. The van der Waals surface area contributed by atoms with E-state index in [1.165, 1.54) is 0 Å². The Labute approximate surface area is 159 Å². The molecule has 3 heterocycles. The van der Waals surface area contributed by atoms with E-state index >= 15 is 0 Å². The molecule has 0 aliphatic carbocycles. The van der Waals surface area contributed by atoms with Crippen LogP contribution in [0.5, 0.6) is 0 Å². The van der Waals surface area contributed by atoms with Gasteiger partial charge in [0.1, 0.15) is 6.04 Å². The Kier molecular flexibility index (Phi) is 4.78. The SMILES string of the molecule is Cn1cc(-c2nc([C@H]3COCCN3C(=O)Nc3cccc(Cl)c3)no2)cn1. The van der Waals surface area contributed by atoms with Crippen molar-refractivity contribution >= 4 is 23.3 Å². The number of benzene rings is 1. The van der Waals surface area contributed by atoms with Crippen LogP contribution in [-0.4, -0.2) is 50.6 Å². The largest absolute Gasteiger partial charge is 0.377 e. The number of urea groups is 1. The van der Waals surface area contributed by atoms with Gasteiger partial charge in [0.2, 0.25) is 0 Å². The number of rotatable bonds is 3. The van der Waals surface area contributed by atoms with Gasteiger partial charge in [-0.1, -0.05) is 22.8 Å². The summed E-state index contributed by atoms with van der Waals surface area (Å²) < 4.78 is 12.5. The molecule has 0 bridgehead atoms. The van der Waals surface area contributed by atoms with Gasteiger partial charge in [-0.05, 0) is 18.2 Å². The van der Waals surface area contributed by atoms with Crippen LogP contribution in [0.15, 0.2) is 41.2 Å². The third kappa shape index (κ3) is 3.79. The molecule has 1 aliphatic rings. The van der Waals surface area contributed by atoms with Crippen molar-refractivity contribution in [2.24, 2.45) is 7.05 Å². The van der Waals surface area contributed by atoms with Crippen molar-refractivity contribution in [1.82, 2.24) is 24.8 Å². The van der Waals surface area contributed by atoms with E-state index in [1.54, 1.807) is 53.3 Å². The molecule has 1 atom stereocenters. The van der Waals surface area contributed by atoms with Crippen LogP contribution in [0.25, 0.3) is 11.5 Å². The van der Waals surface area contributed by atoms with Crippen molar-refractivity contribution in [2.75, 3.05) is 25.1 Å². The van der Waals surface area contributed by atoms with Crippen molar-refractivity contribution in [3.8, 4) is 11.5 Å².